The van der Waals surface area contributed by atoms with Crippen molar-refractivity contribution in [1.82, 2.24) is 0 Å². The van der Waals surface area contributed by atoms with Gasteiger partial charge >= 0.3 is 11.9 Å². The van der Waals surface area contributed by atoms with Crippen LogP contribution in [0.5, 0.6) is 0 Å². The predicted octanol–water partition coefficient (Wildman–Crippen LogP) is 17.8. The highest BCUT2D eigenvalue weighted by atomic mass is 16.7. The summed E-state index contributed by atoms with van der Waals surface area (Å²) >= 11 is 0. The van der Waals surface area contributed by atoms with Gasteiger partial charge in [-0.25, -0.2) is 0 Å². The number of hydrogen-bond acceptors (Lipinski definition) is 8. The zero-order valence-corrected chi connectivity index (χ0v) is 49.6. The second-order valence-corrected chi connectivity index (χ2v) is 23.4. The van der Waals surface area contributed by atoms with Crippen LogP contribution < -0.4 is 5.11 Å². The van der Waals surface area contributed by atoms with Crippen LogP contribution in [0.1, 0.15) is 335 Å². The Morgan fingerprint density at radius 2 is 0.616 bits per heavy atom. The molecule has 0 saturated carbocycles. The Hall–Kier alpha value is -1.71. The average Bonchev–Trinajstić information content (AvgIpc) is 3.36. The van der Waals surface area contributed by atoms with Crippen molar-refractivity contribution >= 4 is 17.9 Å². The van der Waals surface area contributed by atoms with Gasteiger partial charge in [0.05, 0.1) is 40.3 Å². The second kappa shape index (κ2) is 56.5. The molecule has 0 aliphatic carbocycles. The van der Waals surface area contributed by atoms with Crippen LogP contribution in [0.4, 0.5) is 0 Å². The summed E-state index contributed by atoms with van der Waals surface area (Å²) in [6.07, 6.45) is 61.8. The smallest absolute Gasteiger partial charge is 0.306 e. The first-order valence-electron chi connectivity index (χ1n) is 32.2. The number of hydrogen-bond donors (Lipinski definition) is 0. The van der Waals surface area contributed by atoms with Crippen LogP contribution >= 0.6 is 0 Å². The van der Waals surface area contributed by atoms with Crippen molar-refractivity contribution in [2.24, 2.45) is 0 Å². The molecular formula is C64H125NO8. The van der Waals surface area contributed by atoms with Crippen molar-refractivity contribution in [3.63, 3.8) is 0 Å². The van der Waals surface area contributed by atoms with Gasteiger partial charge in [0, 0.05) is 12.8 Å². The molecule has 73 heavy (non-hydrogen) atoms. The minimum atomic E-state index is -1.61. The second-order valence-electron chi connectivity index (χ2n) is 23.4. The molecular weight excluding hydrogens is 911 g/mol. The number of nitrogens with zero attached hydrogens (tertiary/aromatic N) is 1. The topological polar surface area (TPSA) is 111 Å². The minimum absolute atomic E-state index is 0.153. The van der Waals surface area contributed by atoms with E-state index in [2.05, 4.69) is 13.8 Å². The van der Waals surface area contributed by atoms with E-state index in [1.54, 1.807) is 0 Å². The van der Waals surface area contributed by atoms with E-state index in [4.69, 9.17) is 18.9 Å². The van der Waals surface area contributed by atoms with Gasteiger partial charge in [-0.2, -0.15) is 0 Å². The highest BCUT2D eigenvalue weighted by Crippen LogP contribution is 2.19. The lowest BCUT2D eigenvalue weighted by Gasteiger charge is -2.26. The Kier molecular flexibility index (Phi) is 55.2. The SMILES string of the molecule is CCCCCCCCCCCCCCCCCCCCCCCCCCCCCCCCCC(=O)OC(COC(=O)CCCCCCCCCCCCCCCCCCC)COC(OCC[N+](C)(C)C)C(=O)[O-]. The number of ether oxygens (including phenoxy) is 4. The lowest BCUT2D eigenvalue weighted by molar-refractivity contribution is -0.870. The molecule has 0 rings (SSSR count). The molecule has 0 amide bonds. The fraction of sp³-hybridized carbons (Fsp3) is 0.953. The molecule has 2 atom stereocenters. The number of carboxylic acid groups (broad SMARTS) is 1. The average molecular weight is 1040 g/mol. The largest absolute Gasteiger partial charge is 0.545 e. The highest BCUT2D eigenvalue weighted by Gasteiger charge is 2.22. The lowest BCUT2D eigenvalue weighted by Crippen LogP contribution is -2.44. The lowest BCUT2D eigenvalue weighted by atomic mass is 10.0. The van der Waals surface area contributed by atoms with Gasteiger partial charge in [-0.1, -0.05) is 309 Å². The van der Waals surface area contributed by atoms with E-state index in [0.717, 1.165) is 38.5 Å². The van der Waals surface area contributed by atoms with Crippen LogP contribution in [-0.2, 0) is 33.3 Å². The Bertz CT molecular complexity index is 1160. The number of aliphatic carboxylic acids is 1. The number of quaternary nitrogens is 1. The summed E-state index contributed by atoms with van der Waals surface area (Å²) in [6, 6.07) is 0. The van der Waals surface area contributed by atoms with Crippen LogP contribution in [0, 0.1) is 0 Å². The van der Waals surface area contributed by atoms with Crippen molar-refractivity contribution in [1.29, 1.82) is 0 Å². The van der Waals surface area contributed by atoms with Gasteiger partial charge in [0.15, 0.2) is 12.4 Å². The molecule has 0 N–H and O–H groups in total. The van der Waals surface area contributed by atoms with Crippen molar-refractivity contribution in [3.8, 4) is 0 Å². The number of carbonyl (C=O) groups excluding carboxylic acids is 3. The number of unbranched alkanes of at least 4 members (excludes halogenated alkanes) is 46. The normalized spacial score (nSPS) is 12.6. The molecule has 0 aromatic heterocycles. The maximum absolute atomic E-state index is 12.9. The number of esters is 2. The summed E-state index contributed by atoms with van der Waals surface area (Å²) in [7, 11) is 5.94. The summed E-state index contributed by atoms with van der Waals surface area (Å²) in [6.45, 7) is 4.83. The minimum Gasteiger partial charge on any atom is -0.545 e. The van der Waals surface area contributed by atoms with Crippen molar-refractivity contribution in [2.45, 2.75) is 347 Å². The zero-order chi connectivity index (χ0) is 53.4. The van der Waals surface area contributed by atoms with Gasteiger partial charge < -0.3 is 33.3 Å². The fourth-order valence-electron chi connectivity index (χ4n) is 9.89. The van der Waals surface area contributed by atoms with E-state index < -0.39 is 24.3 Å². The number of carbonyl (C=O) groups is 3. The first kappa shape index (κ1) is 71.3. The molecule has 0 aliphatic rings. The first-order valence-corrected chi connectivity index (χ1v) is 32.2. The summed E-state index contributed by atoms with van der Waals surface area (Å²) < 4.78 is 22.8. The molecule has 0 radical (unpaired) electrons. The molecule has 9 heteroatoms. The zero-order valence-electron chi connectivity index (χ0n) is 49.6. The number of rotatable bonds is 61. The first-order chi connectivity index (χ1) is 35.6. The van der Waals surface area contributed by atoms with Gasteiger partial charge in [0.1, 0.15) is 13.2 Å². The molecule has 0 aromatic carbocycles. The van der Waals surface area contributed by atoms with Crippen molar-refractivity contribution in [2.75, 3.05) is 47.5 Å². The van der Waals surface area contributed by atoms with Crippen LogP contribution in [0.15, 0.2) is 0 Å². The molecule has 434 valence electrons. The molecule has 0 fully saturated rings. The summed E-state index contributed by atoms with van der Waals surface area (Å²) in [5, 5.41) is 11.8. The van der Waals surface area contributed by atoms with Gasteiger partial charge in [-0.15, -0.1) is 0 Å². The number of likely N-dealkylation sites (N-methyl/N-ethyl adjacent to an activating group) is 1. The van der Waals surface area contributed by atoms with Crippen molar-refractivity contribution < 1.29 is 42.9 Å². The molecule has 0 spiro atoms. The predicted molar refractivity (Wildman–Crippen MR) is 307 cm³/mol. The maximum atomic E-state index is 12.9. The summed E-state index contributed by atoms with van der Waals surface area (Å²) in [5.41, 5.74) is 0. The van der Waals surface area contributed by atoms with Crippen molar-refractivity contribution in [3.05, 3.63) is 0 Å². The standard InChI is InChI=1S/C64H125NO8/c1-6-8-10-12-14-16-18-20-22-24-25-26-27-28-29-30-31-32-33-34-35-36-37-39-41-43-45-47-49-51-53-55-62(67)73-60(59-72-64(63(68)69)70-57-56-65(3,4)5)58-71-61(66)54-52-50-48-46-44-42-40-38-23-21-19-17-15-13-11-9-7-2/h60,64H,6-59H2,1-5H3. The van der Waals surface area contributed by atoms with Gasteiger partial charge in [-0.3, -0.25) is 9.59 Å². The molecule has 2 unspecified atom stereocenters. The van der Waals surface area contributed by atoms with Gasteiger partial charge in [0.25, 0.3) is 0 Å². The van der Waals surface area contributed by atoms with E-state index in [1.165, 1.54) is 270 Å². The summed E-state index contributed by atoms with van der Waals surface area (Å²) in [4.78, 5) is 37.3. The van der Waals surface area contributed by atoms with Crippen LogP contribution in [0.2, 0.25) is 0 Å². The molecule has 0 saturated heterocycles. The van der Waals surface area contributed by atoms with Crippen LogP contribution in [0.3, 0.4) is 0 Å². The third-order valence-corrected chi connectivity index (χ3v) is 14.9. The Morgan fingerprint density at radius 3 is 0.877 bits per heavy atom. The highest BCUT2D eigenvalue weighted by molar-refractivity contribution is 5.70. The Labute approximate surface area is 453 Å². The van der Waals surface area contributed by atoms with Gasteiger partial charge in [0.2, 0.25) is 0 Å². The third-order valence-electron chi connectivity index (χ3n) is 14.9. The molecule has 0 heterocycles. The third kappa shape index (κ3) is 57.8. The van der Waals surface area contributed by atoms with E-state index in [0.29, 0.717) is 17.4 Å². The van der Waals surface area contributed by atoms with Crippen LogP contribution in [0.25, 0.3) is 0 Å². The van der Waals surface area contributed by atoms with E-state index in [-0.39, 0.29) is 32.2 Å². The molecule has 0 bridgehead atoms. The molecule has 0 aliphatic heterocycles. The van der Waals surface area contributed by atoms with E-state index >= 15 is 0 Å². The monoisotopic (exact) mass is 1040 g/mol. The summed E-state index contributed by atoms with van der Waals surface area (Å²) in [5.74, 6) is -2.25. The Morgan fingerprint density at radius 1 is 0.356 bits per heavy atom. The quantitative estimate of drug-likeness (QED) is 0.0256. The Balaban J connectivity index is 4.04. The van der Waals surface area contributed by atoms with E-state index in [9.17, 15) is 19.5 Å². The van der Waals surface area contributed by atoms with E-state index in [1.807, 2.05) is 21.1 Å². The maximum Gasteiger partial charge on any atom is 0.306 e. The fourth-order valence-corrected chi connectivity index (χ4v) is 9.89. The molecule has 9 nitrogen and oxygen atoms in total. The number of carboxylic acids is 1. The van der Waals surface area contributed by atoms with Gasteiger partial charge in [-0.05, 0) is 12.8 Å². The van der Waals surface area contributed by atoms with Crippen LogP contribution in [-0.4, -0.2) is 82.3 Å². The molecule has 0 aromatic rings.